The molecule has 0 spiro atoms. The second-order valence-electron chi connectivity index (χ2n) is 3.31. The number of aromatic nitrogens is 2. The molecule has 0 fully saturated rings. The number of benzene rings is 1. The third-order valence-electron chi connectivity index (χ3n) is 2.01. The van der Waals surface area contributed by atoms with Crippen LogP contribution in [0, 0.1) is 6.92 Å². The minimum Gasteiger partial charge on any atom is -0.484 e. The number of aryl methyl sites for hydroxylation is 1. The van der Waals surface area contributed by atoms with Crippen LogP contribution in [0.2, 0.25) is 0 Å². The molecule has 0 aliphatic rings. The van der Waals surface area contributed by atoms with Gasteiger partial charge in [0, 0.05) is 6.92 Å². The Bertz CT molecular complexity index is 468. The average Bonchev–Trinajstić information content (AvgIpc) is 2.73. The highest BCUT2D eigenvalue weighted by molar-refractivity contribution is 5.27. The summed E-state index contributed by atoms with van der Waals surface area (Å²) in [6.45, 7) is 1.95. The zero-order valence-corrected chi connectivity index (χ0v) is 8.88. The van der Waals surface area contributed by atoms with Gasteiger partial charge in [-0.25, -0.2) is 0 Å². The Morgan fingerprint density at radius 3 is 2.94 bits per heavy atom. The van der Waals surface area contributed by atoms with Crippen molar-refractivity contribution in [3.05, 3.63) is 41.6 Å². The van der Waals surface area contributed by atoms with Gasteiger partial charge in [0.05, 0.1) is 6.61 Å². The van der Waals surface area contributed by atoms with Crippen LogP contribution in [-0.2, 0) is 13.2 Å². The summed E-state index contributed by atoms with van der Waals surface area (Å²) < 4.78 is 10.6. The molecule has 0 unspecified atom stereocenters. The van der Waals surface area contributed by atoms with Crippen molar-refractivity contribution in [2.45, 2.75) is 20.1 Å². The SMILES string of the molecule is Cc1nnc(COc2cccc(CO)c2)o1. The predicted octanol–water partition coefficient (Wildman–Crippen LogP) is 1.45. The van der Waals surface area contributed by atoms with Crippen molar-refractivity contribution in [2.75, 3.05) is 0 Å². The molecule has 0 aliphatic heterocycles. The molecule has 2 rings (SSSR count). The summed E-state index contributed by atoms with van der Waals surface area (Å²) in [7, 11) is 0. The molecule has 16 heavy (non-hydrogen) atoms. The fraction of sp³-hybridized carbons (Fsp3) is 0.273. The number of ether oxygens (including phenoxy) is 1. The minimum atomic E-state index is -0.00311. The first-order valence-corrected chi connectivity index (χ1v) is 4.89. The standard InChI is InChI=1S/C11H12N2O3/c1-8-12-13-11(16-8)7-15-10-4-2-3-9(5-10)6-14/h2-5,14H,6-7H2,1H3. The van der Waals surface area contributed by atoms with Gasteiger partial charge in [-0.3, -0.25) is 0 Å². The molecule has 1 aromatic heterocycles. The third-order valence-corrected chi connectivity index (χ3v) is 2.01. The maximum Gasteiger partial charge on any atom is 0.253 e. The second-order valence-corrected chi connectivity index (χ2v) is 3.31. The van der Waals surface area contributed by atoms with Crippen LogP contribution in [0.4, 0.5) is 0 Å². The molecule has 5 heteroatoms. The van der Waals surface area contributed by atoms with Crippen molar-refractivity contribution in [2.24, 2.45) is 0 Å². The molecule has 0 amide bonds. The van der Waals surface area contributed by atoms with Gasteiger partial charge < -0.3 is 14.3 Å². The molecular weight excluding hydrogens is 208 g/mol. The third kappa shape index (κ3) is 2.58. The number of hydrogen-bond acceptors (Lipinski definition) is 5. The topological polar surface area (TPSA) is 68.4 Å². The zero-order chi connectivity index (χ0) is 11.4. The molecule has 1 N–H and O–H groups in total. The number of aliphatic hydroxyl groups is 1. The molecule has 5 nitrogen and oxygen atoms in total. The maximum absolute atomic E-state index is 8.95. The van der Waals surface area contributed by atoms with E-state index in [4.69, 9.17) is 14.3 Å². The molecule has 0 bridgehead atoms. The van der Waals surface area contributed by atoms with Gasteiger partial charge in [-0.1, -0.05) is 12.1 Å². The van der Waals surface area contributed by atoms with Crippen molar-refractivity contribution in [3.8, 4) is 5.75 Å². The number of rotatable bonds is 4. The first-order chi connectivity index (χ1) is 7.78. The van der Waals surface area contributed by atoms with Gasteiger partial charge in [-0.05, 0) is 17.7 Å². The maximum atomic E-state index is 8.95. The number of hydrogen-bond donors (Lipinski definition) is 1. The highest BCUT2D eigenvalue weighted by Crippen LogP contribution is 2.14. The van der Waals surface area contributed by atoms with Crippen molar-refractivity contribution >= 4 is 0 Å². The van der Waals surface area contributed by atoms with E-state index in [1.54, 1.807) is 13.0 Å². The summed E-state index contributed by atoms with van der Waals surface area (Å²) in [6, 6.07) is 7.22. The predicted molar refractivity (Wildman–Crippen MR) is 55.7 cm³/mol. The van der Waals surface area contributed by atoms with E-state index in [9.17, 15) is 0 Å². The lowest BCUT2D eigenvalue weighted by Crippen LogP contribution is -1.96. The Balaban J connectivity index is 1.99. The first kappa shape index (κ1) is 10.6. The largest absolute Gasteiger partial charge is 0.484 e. The average molecular weight is 220 g/mol. The Morgan fingerprint density at radius 2 is 2.25 bits per heavy atom. The fourth-order valence-electron chi connectivity index (χ4n) is 1.27. The molecule has 1 heterocycles. The normalized spacial score (nSPS) is 10.4. The van der Waals surface area contributed by atoms with Crippen LogP contribution in [0.15, 0.2) is 28.7 Å². The fourth-order valence-corrected chi connectivity index (χ4v) is 1.27. The Kier molecular flexibility index (Phi) is 3.16. The Labute approximate surface area is 92.7 Å². The summed E-state index contributed by atoms with van der Waals surface area (Å²) in [4.78, 5) is 0. The molecule has 0 saturated carbocycles. The highest BCUT2D eigenvalue weighted by atomic mass is 16.5. The molecule has 0 atom stereocenters. The van der Waals surface area contributed by atoms with Gasteiger partial charge in [0.15, 0.2) is 6.61 Å². The van der Waals surface area contributed by atoms with Crippen LogP contribution < -0.4 is 4.74 Å². The quantitative estimate of drug-likeness (QED) is 0.844. The van der Waals surface area contributed by atoms with Crippen molar-refractivity contribution in [1.82, 2.24) is 10.2 Å². The van der Waals surface area contributed by atoms with Crippen LogP contribution in [0.1, 0.15) is 17.3 Å². The molecule has 84 valence electrons. The summed E-state index contributed by atoms with van der Waals surface area (Å²) >= 11 is 0. The second kappa shape index (κ2) is 4.76. The molecule has 1 aromatic carbocycles. The van der Waals surface area contributed by atoms with Gasteiger partial charge in [-0.15, -0.1) is 10.2 Å². The van der Waals surface area contributed by atoms with E-state index in [-0.39, 0.29) is 13.2 Å². The van der Waals surface area contributed by atoms with Gasteiger partial charge >= 0.3 is 0 Å². The number of nitrogens with zero attached hydrogens (tertiary/aromatic N) is 2. The highest BCUT2D eigenvalue weighted by Gasteiger charge is 2.03. The van der Waals surface area contributed by atoms with Gasteiger partial charge in [0.25, 0.3) is 5.89 Å². The zero-order valence-electron chi connectivity index (χ0n) is 8.88. The van der Waals surface area contributed by atoms with Crippen LogP contribution in [0.3, 0.4) is 0 Å². The monoisotopic (exact) mass is 220 g/mol. The lowest BCUT2D eigenvalue weighted by Gasteiger charge is -2.04. The Morgan fingerprint density at radius 1 is 1.38 bits per heavy atom. The lowest BCUT2D eigenvalue weighted by molar-refractivity contribution is 0.257. The number of aliphatic hydroxyl groups excluding tert-OH is 1. The van der Waals surface area contributed by atoms with E-state index < -0.39 is 0 Å². The van der Waals surface area contributed by atoms with Gasteiger partial charge in [-0.2, -0.15) is 0 Å². The molecule has 0 aliphatic carbocycles. The van der Waals surface area contributed by atoms with Crippen molar-refractivity contribution in [3.63, 3.8) is 0 Å². The first-order valence-electron chi connectivity index (χ1n) is 4.89. The summed E-state index contributed by atoms with van der Waals surface area (Å²) in [5, 5.41) is 16.5. The van der Waals surface area contributed by atoms with Crippen LogP contribution in [0.5, 0.6) is 5.75 Å². The van der Waals surface area contributed by atoms with Crippen LogP contribution in [-0.4, -0.2) is 15.3 Å². The van der Waals surface area contributed by atoms with Crippen LogP contribution in [0.25, 0.3) is 0 Å². The summed E-state index contributed by atoms with van der Waals surface area (Å²) in [5.41, 5.74) is 0.805. The van der Waals surface area contributed by atoms with E-state index in [1.807, 2.05) is 18.2 Å². The summed E-state index contributed by atoms with van der Waals surface area (Å²) in [5.74, 6) is 1.62. The van der Waals surface area contributed by atoms with Crippen LogP contribution >= 0.6 is 0 Å². The smallest absolute Gasteiger partial charge is 0.253 e. The van der Waals surface area contributed by atoms with Crippen molar-refractivity contribution in [1.29, 1.82) is 0 Å². The summed E-state index contributed by atoms with van der Waals surface area (Å²) in [6.07, 6.45) is 0. The van der Waals surface area contributed by atoms with E-state index in [2.05, 4.69) is 10.2 Å². The van der Waals surface area contributed by atoms with Crippen molar-refractivity contribution < 1.29 is 14.3 Å². The van der Waals surface area contributed by atoms with E-state index in [0.717, 1.165) is 5.56 Å². The van der Waals surface area contributed by atoms with Gasteiger partial charge in [0.2, 0.25) is 5.89 Å². The minimum absolute atomic E-state index is 0.00311. The molecule has 0 saturated heterocycles. The molecule has 0 radical (unpaired) electrons. The Hall–Kier alpha value is -1.88. The molecular formula is C11H12N2O3. The van der Waals surface area contributed by atoms with E-state index >= 15 is 0 Å². The van der Waals surface area contributed by atoms with E-state index in [1.165, 1.54) is 0 Å². The lowest BCUT2D eigenvalue weighted by atomic mass is 10.2. The van der Waals surface area contributed by atoms with Gasteiger partial charge in [0.1, 0.15) is 5.75 Å². The molecule has 2 aromatic rings. The van der Waals surface area contributed by atoms with E-state index in [0.29, 0.717) is 17.5 Å².